The number of hydrogen-bond donors (Lipinski definition) is 2. The average Bonchev–Trinajstić information content (AvgIpc) is 1.35. The third-order valence-electron chi connectivity index (χ3n) is 21.7. The van der Waals surface area contributed by atoms with Gasteiger partial charge in [-0.2, -0.15) is 0 Å². The van der Waals surface area contributed by atoms with Crippen molar-refractivity contribution >= 4 is 76.3 Å². The Morgan fingerprint density at radius 1 is 0.228 bits per heavy atom. The minimum atomic E-state index is -0.124. The van der Waals surface area contributed by atoms with Crippen LogP contribution < -0.4 is 0 Å². The maximum atomic E-state index is 6.43. The number of benzene rings is 12. The Kier molecular flexibility index (Phi) is 10.4. The molecule has 2 N–H and O–H groups in total. The highest BCUT2D eigenvalue weighted by Crippen LogP contribution is 2.69. The van der Waals surface area contributed by atoms with E-state index in [1.54, 1.807) is 0 Å². The van der Waals surface area contributed by atoms with E-state index in [-0.39, 0.29) is 35.5 Å². The first-order valence-corrected chi connectivity index (χ1v) is 32.5. The summed E-state index contributed by atoms with van der Waals surface area (Å²) in [5.41, 5.74) is 30.7. The van der Waals surface area contributed by atoms with Gasteiger partial charge < -0.3 is 9.97 Å². The number of hydrogen-bond acceptors (Lipinski definition) is 2. The van der Waals surface area contributed by atoms with Gasteiger partial charge in [0, 0.05) is 79.8 Å². The summed E-state index contributed by atoms with van der Waals surface area (Å²) >= 11 is 0. The van der Waals surface area contributed by atoms with Crippen molar-refractivity contribution in [1.29, 1.82) is 0 Å². The summed E-state index contributed by atoms with van der Waals surface area (Å²) in [6, 6.07) is 110. The first-order valence-electron chi connectivity index (χ1n) is 32.5. The second-order valence-electron chi connectivity index (χ2n) is 26.2. The molecule has 2 unspecified atom stereocenters. The Hall–Kier alpha value is -11.5. The number of fused-ring (bicyclic) bond motifs is 12. The monoisotopic (exact) mass is 1170 g/mol. The van der Waals surface area contributed by atoms with E-state index in [1.165, 1.54) is 98.7 Å². The van der Waals surface area contributed by atoms with Gasteiger partial charge in [-0.15, -0.1) is 0 Å². The Morgan fingerprint density at radius 2 is 0.467 bits per heavy atom. The Bertz CT molecular complexity index is 5390. The molecule has 428 valence electrons. The number of nitrogens with one attached hydrogen (secondary N) is 2. The molecule has 3 aromatic heterocycles. The van der Waals surface area contributed by atoms with Crippen molar-refractivity contribution in [2.45, 2.75) is 35.5 Å². The largest absolute Gasteiger partial charge is 0.354 e. The average molecular weight is 1170 g/mol. The summed E-state index contributed by atoms with van der Waals surface area (Å²) in [4.78, 5) is 21.4. The third-order valence-corrected chi connectivity index (χ3v) is 21.7. The van der Waals surface area contributed by atoms with Gasteiger partial charge >= 0.3 is 0 Å². The lowest BCUT2D eigenvalue weighted by Gasteiger charge is -2.49. The van der Waals surface area contributed by atoms with Crippen LogP contribution in [0.3, 0.4) is 0 Å². The van der Waals surface area contributed by atoms with E-state index in [4.69, 9.17) is 9.97 Å². The van der Waals surface area contributed by atoms with Crippen molar-refractivity contribution in [2.24, 2.45) is 0 Å². The minimum Gasteiger partial charge on any atom is -0.354 e. The molecule has 15 aromatic rings. The minimum absolute atomic E-state index is 0.00931. The molecule has 6 aliphatic carbocycles. The maximum absolute atomic E-state index is 6.43. The van der Waals surface area contributed by atoms with Crippen molar-refractivity contribution in [1.82, 2.24) is 19.9 Å². The number of nitrogens with zero attached hydrogens (tertiary/aromatic N) is 2. The number of aromatic nitrogens is 4. The third kappa shape index (κ3) is 7.06. The second kappa shape index (κ2) is 19.0. The Morgan fingerprint density at radius 3 is 0.750 bits per heavy atom. The standard InChI is InChI=1S/C88H56N4/c1-5-21-49(22-6-1)73-69-37-38-70(89-69)74(50-23-7-2-8-24-50)87-83-79-65-45-57-33-17-19-35-59(57)47-67(65)80(68-48-60-36-20-18-34-58(60)46-66(68)79)84(83)88(92-87)76(52-27-11-4-12-28-52)72-40-39-71(90-72)75(51-25-9-3-10-26-51)86-82-78-63-43-55-31-15-13-29-53(55)41-61(63)77(81(82)85(73)91-86)62-42-54-30-14-16-32-56(54)44-64(62)78/h1-48,77-82,89-90H. The van der Waals surface area contributed by atoms with E-state index < -0.39 is 0 Å². The molecular weight excluding hydrogens is 1110 g/mol. The van der Waals surface area contributed by atoms with E-state index >= 15 is 0 Å². The zero-order chi connectivity index (χ0) is 59.9. The highest BCUT2D eigenvalue weighted by molar-refractivity contribution is 6.13. The van der Waals surface area contributed by atoms with Crippen molar-refractivity contribution in [2.75, 3.05) is 0 Å². The first-order chi connectivity index (χ1) is 45.6. The quantitative estimate of drug-likeness (QED) is 0.184. The highest BCUT2D eigenvalue weighted by Gasteiger charge is 2.56. The summed E-state index contributed by atoms with van der Waals surface area (Å²) in [7, 11) is 0. The molecule has 4 nitrogen and oxygen atoms in total. The molecular formula is C88H56N4. The van der Waals surface area contributed by atoms with Crippen LogP contribution in [0, 0.1) is 0 Å². The molecule has 12 aromatic carbocycles. The molecule has 4 heteroatoms. The molecule has 8 aliphatic rings. The lowest BCUT2D eigenvalue weighted by molar-refractivity contribution is 0.404. The van der Waals surface area contributed by atoms with Crippen LogP contribution in [0.4, 0.5) is 0 Å². The molecule has 2 atom stereocenters. The number of allylic oxidation sites excluding steroid dienone is 2. The van der Waals surface area contributed by atoms with Crippen LogP contribution in [-0.4, -0.2) is 19.9 Å². The Balaban J connectivity index is 0.964. The summed E-state index contributed by atoms with van der Waals surface area (Å²) in [5, 5.41) is 10.1. The molecule has 12 bridgehead atoms. The summed E-state index contributed by atoms with van der Waals surface area (Å²) in [6.45, 7) is 0. The summed E-state index contributed by atoms with van der Waals surface area (Å²) in [5.74, 6) is -0.348. The van der Waals surface area contributed by atoms with Gasteiger partial charge in [-0.05, 0) is 170 Å². The van der Waals surface area contributed by atoms with E-state index in [0.29, 0.717) is 0 Å². The number of aromatic amines is 2. The lowest BCUT2D eigenvalue weighted by atomic mass is 9.52. The molecule has 92 heavy (non-hydrogen) atoms. The fourth-order valence-corrected chi connectivity index (χ4v) is 18.0. The van der Waals surface area contributed by atoms with Crippen LogP contribution in [0.2, 0.25) is 0 Å². The molecule has 0 amide bonds. The fraction of sp³-hybridized carbons (Fsp3) is 0.0682. The van der Waals surface area contributed by atoms with Gasteiger partial charge in [-0.25, -0.2) is 4.98 Å². The fourth-order valence-electron chi connectivity index (χ4n) is 18.0. The maximum Gasteiger partial charge on any atom is 0.0782 e. The van der Waals surface area contributed by atoms with Crippen LogP contribution in [0.25, 0.3) is 121 Å². The summed E-state index contributed by atoms with van der Waals surface area (Å²) < 4.78 is 0. The highest BCUT2D eigenvalue weighted by atomic mass is 14.9. The lowest BCUT2D eigenvalue weighted by Crippen LogP contribution is -2.35. The predicted molar refractivity (Wildman–Crippen MR) is 378 cm³/mol. The van der Waals surface area contributed by atoms with Gasteiger partial charge in [0.2, 0.25) is 0 Å². The van der Waals surface area contributed by atoms with Gasteiger partial charge in [0.25, 0.3) is 0 Å². The molecule has 23 rings (SSSR count). The SMILES string of the molecule is c1ccc(-c2c3nc(c(-c4ccccc4)c4ccc([nH]4)c(-c4ccccc4)c4nc(c(-c5ccccc5)c5ccc2[nH]5)C2C5c6cc7ccccc7cc6C(c6cc7ccccc7cc65)C42)C2=C3C3c4cc5ccccc5cc4C2c2cc4ccccc4cc23)cc1. The zero-order valence-electron chi connectivity index (χ0n) is 50.1. The van der Waals surface area contributed by atoms with Crippen LogP contribution in [-0.2, 0) is 0 Å². The molecule has 2 aliphatic heterocycles. The van der Waals surface area contributed by atoms with Gasteiger partial charge in [0.05, 0.1) is 22.8 Å². The summed E-state index contributed by atoms with van der Waals surface area (Å²) in [6.07, 6.45) is 0. The molecule has 0 spiro atoms. The molecule has 5 heterocycles. The number of rotatable bonds is 4. The van der Waals surface area contributed by atoms with E-state index in [0.717, 1.165) is 89.4 Å². The van der Waals surface area contributed by atoms with Gasteiger partial charge in [0.15, 0.2) is 0 Å². The smallest absolute Gasteiger partial charge is 0.0782 e. The number of H-pyrrole nitrogens is 2. The second-order valence-corrected chi connectivity index (χ2v) is 26.2. The van der Waals surface area contributed by atoms with E-state index in [2.05, 4.69) is 301 Å². The van der Waals surface area contributed by atoms with Crippen LogP contribution in [0.15, 0.2) is 291 Å². The van der Waals surface area contributed by atoms with Crippen molar-refractivity contribution < 1.29 is 0 Å². The first kappa shape index (κ1) is 50.4. The zero-order valence-corrected chi connectivity index (χ0v) is 50.1. The molecule has 0 saturated carbocycles. The van der Waals surface area contributed by atoms with Crippen LogP contribution >= 0.6 is 0 Å². The van der Waals surface area contributed by atoms with E-state index in [1.807, 2.05) is 0 Å². The molecule has 0 saturated heterocycles. The van der Waals surface area contributed by atoms with Crippen molar-refractivity contribution in [3.05, 3.63) is 358 Å². The molecule has 0 radical (unpaired) electrons. The van der Waals surface area contributed by atoms with E-state index in [9.17, 15) is 0 Å². The topological polar surface area (TPSA) is 57.4 Å². The van der Waals surface area contributed by atoms with Crippen LogP contribution in [0.1, 0.15) is 103 Å². The normalized spacial score (nSPS) is 18.6. The van der Waals surface area contributed by atoms with Crippen LogP contribution in [0.5, 0.6) is 0 Å². The van der Waals surface area contributed by atoms with Gasteiger partial charge in [-0.3, -0.25) is 4.98 Å². The molecule has 0 fully saturated rings. The predicted octanol–water partition coefficient (Wildman–Crippen LogP) is 22.0. The van der Waals surface area contributed by atoms with Crippen molar-refractivity contribution in [3.63, 3.8) is 0 Å². The Labute approximate surface area is 531 Å². The van der Waals surface area contributed by atoms with Gasteiger partial charge in [-0.1, -0.05) is 243 Å². The van der Waals surface area contributed by atoms with Crippen molar-refractivity contribution in [3.8, 4) is 44.5 Å². The van der Waals surface area contributed by atoms with Gasteiger partial charge in [0.1, 0.15) is 0 Å².